The fraction of sp³-hybridized carbons (Fsp3) is 0. The van der Waals surface area contributed by atoms with E-state index >= 15 is 0 Å². The van der Waals surface area contributed by atoms with E-state index in [2.05, 4.69) is 15.1 Å². The zero-order valence-electron chi connectivity index (χ0n) is 10.6. The Balaban J connectivity index is 2.07. The smallest absolute Gasteiger partial charge is 0.165 e. The van der Waals surface area contributed by atoms with Gasteiger partial charge in [-0.3, -0.25) is 0 Å². The highest BCUT2D eigenvalue weighted by Crippen LogP contribution is 2.23. The third-order valence-corrected chi connectivity index (χ3v) is 3.32. The first-order valence-corrected chi connectivity index (χ1v) is 6.26. The van der Waals surface area contributed by atoms with Crippen molar-refractivity contribution < 1.29 is 0 Å². The largest absolute Gasteiger partial charge is 0.399 e. The van der Waals surface area contributed by atoms with Gasteiger partial charge >= 0.3 is 0 Å². The van der Waals surface area contributed by atoms with Crippen LogP contribution < -0.4 is 5.73 Å². The lowest BCUT2D eigenvalue weighted by Crippen LogP contribution is -2.01. The fourth-order valence-electron chi connectivity index (χ4n) is 2.37. The summed E-state index contributed by atoms with van der Waals surface area (Å²) in [5.74, 6) is 0.760. The van der Waals surface area contributed by atoms with Crippen LogP contribution in [0.2, 0.25) is 0 Å². The summed E-state index contributed by atoms with van der Waals surface area (Å²) in [5, 5.41) is 6.44. The van der Waals surface area contributed by atoms with E-state index in [9.17, 15) is 0 Å². The van der Waals surface area contributed by atoms with E-state index in [4.69, 9.17) is 5.73 Å². The van der Waals surface area contributed by atoms with Crippen LogP contribution in [0, 0.1) is 0 Å². The van der Waals surface area contributed by atoms with Crippen LogP contribution >= 0.6 is 0 Å². The average Bonchev–Trinajstić information content (AvgIpc) is 2.90. The van der Waals surface area contributed by atoms with Crippen molar-refractivity contribution in [3.05, 3.63) is 55.0 Å². The van der Waals surface area contributed by atoms with E-state index in [-0.39, 0.29) is 0 Å². The van der Waals surface area contributed by atoms with E-state index in [0.717, 1.165) is 27.6 Å². The fourth-order valence-corrected chi connectivity index (χ4v) is 2.37. The van der Waals surface area contributed by atoms with Gasteiger partial charge in [0.25, 0.3) is 0 Å². The molecule has 0 fully saturated rings. The number of hydrogen-bond donors (Lipinski definition) is 1. The van der Waals surface area contributed by atoms with Gasteiger partial charge in [-0.1, -0.05) is 18.2 Å². The molecule has 0 aliphatic carbocycles. The number of rotatable bonds is 1. The molecule has 2 heterocycles. The predicted molar refractivity (Wildman–Crippen MR) is 78.6 cm³/mol. The van der Waals surface area contributed by atoms with Crippen molar-refractivity contribution in [2.75, 3.05) is 5.73 Å². The van der Waals surface area contributed by atoms with Crippen LogP contribution in [0.25, 0.3) is 27.6 Å². The van der Waals surface area contributed by atoms with Gasteiger partial charge in [-0.25, -0.2) is 14.6 Å². The summed E-state index contributed by atoms with van der Waals surface area (Å²) in [7, 11) is 0. The molecule has 0 spiro atoms. The van der Waals surface area contributed by atoms with Crippen LogP contribution in [-0.2, 0) is 0 Å². The minimum absolute atomic E-state index is 0.687. The zero-order chi connectivity index (χ0) is 13.5. The number of benzene rings is 2. The third-order valence-electron chi connectivity index (χ3n) is 3.32. The Morgan fingerprint density at radius 2 is 1.90 bits per heavy atom. The van der Waals surface area contributed by atoms with Crippen LogP contribution in [0.5, 0.6) is 0 Å². The number of nitrogens with two attached hydrogens (primary N) is 1. The Kier molecular flexibility index (Phi) is 2.20. The van der Waals surface area contributed by atoms with Gasteiger partial charge in [0.05, 0.1) is 17.2 Å². The summed E-state index contributed by atoms with van der Waals surface area (Å²) >= 11 is 0. The van der Waals surface area contributed by atoms with Gasteiger partial charge in [-0.15, -0.1) is 0 Å². The van der Waals surface area contributed by atoms with Gasteiger partial charge in [0.15, 0.2) is 5.82 Å². The number of aromatic nitrogens is 4. The topological polar surface area (TPSA) is 69.6 Å². The average molecular weight is 261 g/mol. The molecule has 0 radical (unpaired) electrons. The maximum Gasteiger partial charge on any atom is 0.165 e. The molecule has 20 heavy (non-hydrogen) atoms. The van der Waals surface area contributed by atoms with Crippen molar-refractivity contribution >= 4 is 27.5 Å². The van der Waals surface area contributed by atoms with Gasteiger partial charge in [0.1, 0.15) is 6.33 Å². The molecule has 5 heteroatoms. The van der Waals surface area contributed by atoms with E-state index in [1.165, 1.54) is 6.33 Å². The maximum absolute atomic E-state index is 5.80. The highest BCUT2D eigenvalue weighted by molar-refractivity contribution is 5.90. The lowest BCUT2D eigenvalue weighted by molar-refractivity contribution is 0.878. The molecule has 0 saturated carbocycles. The summed E-state index contributed by atoms with van der Waals surface area (Å²) in [4.78, 5) is 8.64. The quantitative estimate of drug-likeness (QED) is 0.534. The number of nitrogen functional groups attached to an aromatic ring is 1. The van der Waals surface area contributed by atoms with Crippen molar-refractivity contribution in [2.24, 2.45) is 0 Å². The molecule has 0 atom stereocenters. The van der Waals surface area contributed by atoms with Crippen molar-refractivity contribution in [3.8, 4) is 5.82 Å². The number of para-hydroxylation sites is 1. The van der Waals surface area contributed by atoms with E-state index < -0.39 is 0 Å². The Labute approximate surface area is 114 Å². The Morgan fingerprint density at radius 1 is 1.00 bits per heavy atom. The minimum atomic E-state index is 0.687. The normalized spacial score (nSPS) is 11.2. The van der Waals surface area contributed by atoms with Crippen LogP contribution in [0.1, 0.15) is 0 Å². The second-order valence-electron chi connectivity index (χ2n) is 4.59. The first kappa shape index (κ1) is 10.9. The second kappa shape index (κ2) is 4.03. The predicted octanol–water partition coefficient (Wildman–Crippen LogP) is 2.55. The van der Waals surface area contributed by atoms with Crippen molar-refractivity contribution in [1.82, 2.24) is 19.7 Å². The summed E-state index contributed by atoms with van der Waals surface area (Å²) in [5.41, 5.74) is 8.32. The zero-order valence-corrected chi connectivity index (χ0v) is 10.6. The van der Waals surface area contributed by atoms with Gasteiger partial charge in [0, 0.05) is 16.5 Å². The van der Waals surface area contributed by atoms with Crippen LogP contribution in [-0.4, -0.2) is 19.7 Å². The first-order valence-electron chi connectivity index (χ1n) is 6.26. The Morgan fingerprint density at radius 3 is 2.85 bits per heavy atom. The van der Waals surface area contributed by atoms with Gasteiger partial charge in [0.2, 0.25) is 0 Å². The molecule has 0 unspecified atom stereocenters. The molecule has 0 amide bonds. The SMILES string of the molecule is Nc1ccc2c(-n3ncc4ccccc43)ncnc2c1. The molecule has 2 N–H and O–H groups in total. The number of fused-ring (bicyclic) bond motifs is 2. The van der Waals surface area contributed by atoms with E-state index in [1.807, 2.05) is 53.3 Å². The standard InChI is InChI=1S/C15H11N5/c16-11-5-6-12-13(7-11)17-9-18-15(12)20-14-4-2-1-3-10(14)8-19-20/h1-9H,16H2. The molecule has 0 aliphatic rings. The molecule has 4 aromatic rings. The highest BCUT2D eigenvalue weighted by atomic mass is 15.3. The third kappa shape index (κ3) is 1.53. The van der Waals surface area contributed by atoms with Crippen LogP contribution in [0.3, 0.4) is 0 Å². The Bertz CT molecular complexity index is 926. The molecular weight excluding hydrogens is 250 g/mol. The summed E-state index contributed by atoms with van der Waals surface area (Å²) in [6.07, 6.45) is 3.37. The minimum Gasteiger partial charge on any atom is -0.399 e. The maximum atomic E-state index is 5.80. The van der Waals surface area contributed by atoms with Gasteiger partial charge in [-0.05, 0) is 24.3 Å². The monoisotopic (exact) mass is 261 g/mol. The number of hydrogen-bond acceptors (Lipinski definition) is 4. The van der Waals surface area contributed by atoms with Gasteiger partial charge in [-0.2, -0.15) is 5.10 Å². The summed E-state index contributed by atoms with van der Waals surface area (Å²) < 4.78 is 1.83. The molecule has 5 nitrogen and oxygen atoms in total. The summed E-state index contributed by atoms with van der Waals surface area (Å²) in [6.45, 7) is 0. The van der Waals surface area contributed by atoms with Crippen LogP contribution in [0.4, 0.5) is 5.69 Å². The van der Waals surface area contributed by atoms with Gasteiger partial charge < -0.3 is 5.73 Å². The van der Waals surface area contributed by atoms with Crippen molar-refractivity contribution in [2.45, 2.75) is 0 Å². The number of anilines is 1. The van der Waals surface area contributed by atoms with E-state index in [0.29, 0.717) is 5.69 Å². The van der Waals surface area contributed by atoms with Crippen molar-refractivity contribution in [3.63, 3.8) is 0 Å². The molecule has 0 saturated heterocycles. The van der Waals surface area contributed by atoms with E-state index in [1.54, 1.807) is 0 Å². The summed E-state index contributed by atoms with van der Waals surface area (Å²) in [6, 6.07) is 13.6. The molecule has 0 bridgehead atoms. The first-order chi connectivity index (χ1) is 9.83. The molecule has 96 valence electrons. The Hall–Kier alpha value is -2.95. The molecule has 2 aromatic carbocycles. The molecule has 0 aliphatic heterocycles. The molecule has 2 aromatic heterocycles. The highest BCUT2D eigenvalue weighted by Gasteiger charge is 2.09. The van der Waals surface area contributed by atoms with Crippen LogP contribution in [0.15, 0.2) is 55.0 Å². The lowest BCUT2D eigenvalue weighted by Gasteiger charge is -2.06. The molecule has 4 rings (SSSR count). The van der Waals surface area contributed by atoms with Crippen molar-refractivity contribution in [1.29, 1.82) is 0 Å². The second-order valence-corrected chi connectivity index (χ2v) is 4.59. The molecular formula is C15H11N5. The number of nitrogens with zero attached hydrogens (tertiary/aromatic N) is 4. The lowest BCUT2D eigenvalue weighted by atomic mass is 10.2.